The first-order chi connectivity index (χ1) is 13.1. The molecule has 7 heteroatoms. The summed E-state index contributed by atoms with van der Waals surface area (Å²) in [6, 6.07) is 10.6. The maximum atomic E-state index is 13.2. The zero-order valence-corrected chi connectivity index (χ0v) is 15.5. The normalized spacial score (nSPS) is 15.5. The minimum atomic E-state index is -4.26. The minimum absolute atomic E-state index is 0.0765. The molecule has 0 fully saturated rings. The highest BCUT2D eigenvalue weighted by molar-refractivity contribution is 6.20. The van der Waals surface area contributed by atoms with Gasteiger partial charge in [-0.2, -0.15) is 13.2 Å². The van der Waals surface area contributed by atoms with Gasteiger partial charge < -0.3 is 16.0 Å². The van der Waals surface area contributed by atoms with Gasteiger partial charge in [-0.15, -0.1) is 0 Å². The van der Waals surface area contributed by atoms with Crippen LogP contribution in [0, 0.1) is 0 Å². The molecule has 0 aliphatic heterocycles. The molecule has 1 heterocycles. The predicted molar refractivity (Wildman–Crippen MR) is 102 cm³/mol. The molecule has 0 amide bonds. The lowest BCUT2D eigenvalue weighted by atomic mass is 9.71. The summed E-state index contributed by atoms with van der Waals surface area (Å²) in [7, 11) is 0. The second-order valence-corrected chi connectivity index (χ2v) is 7.73. The van der Waals surface area contributed by atoms with E-state index in [1.807, 2.05) is 26.0 Å². The fourth-order valence-electron chi connectivity index (χ4n) is 3.95. The molecule has 4 N–H and O–H groups in total. The van der Waals surface area contributed by atoms with Gasteiger partial charge in [0.15, 0.2) is 5.78 Å². The summed E-state index contributed by atoms with van der Waals surface area (Å²) in [5.74, 6) is -0.0878. The Morgan fingerprint density at radius 2 is 1.89 bits per heavy atom. The first kappa shape index (κ1) is 18.6. The highest BCUT2D eigenvalue weighted by Crippen LogP contribution is 2.44. The predicted octanol–water partition coefficient (Wildman–Crippen LogP) is 4.27. The van der Waals surface area contributed by atoms with E-state index in [0.29, 0.717) is 22.4 Å². The van der Waals surface area contributed by atoms with Crippen LogP contribution in [0.4, 0.5) is 18.9 Å². The van der Waals surface area contributed by atoms with Crippen LogP contribution < -0.4 is 11.1 Å². The van der Waals surface area contributed by atoms with E-state index in [0.717, 1.165) is 22.2 Å². The zero-order valence-electron chi connectivity index (χ0n) is 15.5. The van der Waals surface area contributed by atoms with Gasteiger partial charge in [0.05, 0.1) is 12.1 Å². The van der Waals surface area contributed by atoms with Crippen molar-refractivity contribution in [3.8, 4) is 0 Å². The Hall–Kier alpha value is -2.80. The molecule has 1 aliphatic rings. The van der Waals surface area contributed by atoms with Crippen LogP contribution in [-0.2, 0) is 12.0 Å². The van der Waals surface area contributed by atoms with Gasteiger partial charge >= 0.3 is 6.18 Å². The summed E-state index contributed by atoms with van der Waals surface area (Å²) >= 11 is 0. The number of carbonyl (C=O) groups is 1. The number of ketones is 1. The standard InChI is InChI=1S/C21H20F3N3O/c1-20(2)15-7-11(9-26-10-21(22,23)24)3-5-13(15)18(28)17-14-6-4-12(25)8-16(14)27-19(17)20/h3-8,26-27H,9-10,25H2,1-2H3. The number of aromatic amines is 1. The van der Waals surface area contributed by atoms with E-state index in [1.165, 1.54) is 0 Å². The van der Waals surface area contributed by atoms with Gasteiger partial charge in [0, 0.05) is 39.8 Å². The monoisotopic (exact) mass is 387 g/mol. The Kier molecular flexibility index (Phi) is 4.04. The highest BCUT2D eigenvalue weighted by atomic mass is 19.4. The summed E-state index contributed by atoms with van der Waals surface area (Å²) in [6.07, 6.45) is -4.26. The van der Waals surface area contributed by atoms with Gasteiger partial charge in [0.1, 0.15) is 0 Å². The Labute approximate surface area is 159 Å². The minimum Gasteiger partial charge on any atom is -0.399 e. The molecule has 1 aliphatic carbocycles. The number of benzene rings is 2. The molecule has 2 aromatic carbocycles. The van der Waals surface area contributed by atoms with E-state index in [-0.39, 0.29) is 12.3 Å². The van der Waals surface area contributed by atoms with Crippen molar-refractivity contribution in [2.75, 3.05) is 12.3 Å². The molecule has 3 aromatic rings. The molecule has 1 aromatic heterocycles. The van der Waals surface area contributed by atoms with E-state index < -0.39 is 18.1 Å². The number of anilines is 1. The fraction of sp³-hybridized carbons (Fsp3) is 0.286. The van der Waals surface area contributed by atoms with Gasteiger partial charge in [-0.3, -0.25) is 4.79 Å². The maximum absolute atomic E-state index is 13.2. The number of alkyl halides is 3. The number of nitrogens with two attached hydrogens (primary N) is 1. The molecule has 0 spiro atoms. The highest BCUT2D eigenvalue weighted by Gasteiger charge is 2.39. The number of carbonyl (C=O) groups excluding carboxylic acids is 1. The molecular formula is C21H20F3N3O. The van der Waals surface area contributed by atoms with Crippen LogP contribution in [0.15, 0.2) is 36.4 Å². The number of halogens is 3. The van der Waals surface area contributed by atoms with Gasteiger partial charge in [0.25, 0.3) is 0 Å². The molecule has 0 radical (unpaired) electrons. The second-order valence-electron chi connectivity index (χ2n) is 7.73. The summed E-state index contributed by atoms with van der Waals surface area (Å²) in [6.45, 7) is 3.03. The summed E-state index contributed by atoms with van der Waals surface area (Å²) in [5, 5.41) is 3.23. The molecule has 4 nitrogen and oxygen atoms in total. The number of fused-ring (bicyclic) bond motifs is 4. The number of nitrogen functional groups attached to an aromatic ring is 1. The quantitative estimate of drug-likeness (QED) is 0.588. The Morgan fingerprint density at radius 1 is 1.14 bits per heavy atom. The lowest BCUT2D eigenvalue weighted by Gasteiger charge is -2.32. The van der Waals surface area contributed by atoms with Gasteiger partial charge in [0.2, 0.25) is 0 Å². The van der Waals surface area contributed by atoms with E-state index in [4.69, 9.17) is 5.73 Å². The van der Waals surface area contributed by atoms with Crippen LogP contribution in [0.5, 0.6) is 0 Å². The van der Waals surface area contributed by atoms with Gasteiger partial charge in [-0.1, -0.05) is 38.1 Å². The van der Waals surface area contributed by atoms with Crippen LogP contribution in [-0.4, -0.2) is 23.5 Å². The van der Waals surface area contributed by atoms with Crippen molar-refractivity contribution in [3.05, 3.63) is 64.3 Å². The topological polar surface area (TPSA) is 70.9 Å². The molecular weight excluding hydrogens is 367 g/mol. The van der Waals surface area contributed by atoms with Crippen molar-refractivity contribution in [2.45, 2.75) is 32.0 Å². The molecule has 0 saturated carbocycles. The van der Waals surface area contributed by atoms with Crippen molar-refractivity contribution in [3.63, 3.8) is 0 Å². The average molecular weight is 387 g/mol. The average Bonchev–Trinajstić information content (AvgIpc) is 2.98. The first-order valence-corrected chi connectivity index (χ1v) is 8.95. The van der Waals surface area contributed by atoms with Crippen LogP contribution in [0.2, 0.25) is 0 Å². The lowest BCUT2D eigenvalue weighted by Crippen LogP contribution is -2.31. The zero-order chi connectivity index (χ0) is 20.3. The summed E-state index contributed by atoms with van der Waals surface area (Å²) < 4.78 is 37.1. The summed E-state index contributed by atoms with van der Waals surface area (Å²) in [5.41, 5.74) is 10.3. The van der Waals surface area contributed by atoms with E-state index >= 15 is 0 Å². The largest absolute Gasteiger partial charge is 0.401 e. The van der Waals surface area contributed by atoms with Gasteiger partial charge in [-0.25, -0.2) is 0 Å². The number of H-pyrrole nitrogens is 1. The number of hydrogen-bond acceptors (Lipinski definition) is 3. The van der Waals surface area contributed by atoms with E-state index in [1.54, 1.807) is 24.3 Å². The van der Waals surface area contributed by atoms with Crippen LogP contribution in [0.3, 0.4) is 0 Å². The van der Waals surface area contributed by atoms with Crippen LogP contribution in [0.1, 0.15) is 46.6 Å². The number of aromatic nitrogens is 1. The Bertz CT molecular complexity index is 1100. The van der Waals surface area contributed by atoms with Gasteiger partial charge in [-0.05, 0) is 23.3 Å². The van der Waals surface area contributed by atoms with E-state index in [9.17, 15) is 18.0 Å². The molecule has 146 valence electrons. The second kappa shape index (κ2) is 6.10. The van der Waals surface area contributed by atoms with E-state index in [2.05, 4.69) is 10.3 Å². The number of nitrogens with one attached hydrogen (secondary N) is 2. The third-order valence-corrected chi connectivity index (χ3v) is 5.33. The molecule has 0 unspecified atom stereocenters. The third kappa shape index (κ3) is 2.96. The summed E-state index contributed by atoms with van der Waals surface area (Å²) in [4.78, 5) is 16.5. The SMILES string of the molecule is CC1(C)c2cc(CNCC(F)(F)F)ccc2C(=O)c2c1[nH]c1cc(N)ccc21. The van der Waals surface area contributed by atoms with Crippen molar-refractivity contribution in [1.82, 2.24) is 10.3 Å². The Morgan fingerprint density at radius 3 is 2.61 bits per heavy atom. The van der Waals surface area contributed by atoms with Crippen LogP contribution >= 0.6 is 0 Å². The van der Waals surface area contributed by atoms with Crippen molar-refractivity contribution >= 4 is 22.4 Å². The molecule has 4 rings (SSSR count). The maximum Gasteiger partial charge on any atom is 0.401 e. The molecule has 0 saturated heterocycles. The molecule has 0 atom stereocenters. The third-order valence-electron chi connectivity index (χ3n) is 5.33. The number of rotatable bonds is 3. The van der Waals surface area contributed by atoms with Crippen LogP contribution in [0.25, 0.3) is 10.9 Å². The lowest BCUT2D eigenvalue weighted by molar-refractivity contribution is -0.125. The Balaban J connectivity index is 1.77. The molecule has 0 bridgehead atoms. The first-order valence-electron chi connectivity index (χ1n) is 8.95. The van der Waals surface area contributed by atoms with Crippen molar-refractivity contribution < 1.29 is 18.0 Å². The fourth-order valence-corrected chi connectivity index (χ4v) is 3.95. The molecule has 28 heavy (non-hydrogen) atoms. The van der Waals surface area contributed by atoms with Crippen molar-refractivity contribution in [2.24, 2.45) is 0 Å². The number of hydrogen-bond donors (Lipinski definition) is 3. The smallest absolute Gasteiger partial charge is 0.399 e. The van der Waals surface area contributed by atoms with Crippen molar-refractivity contribution in [1.29, 1.82) is 0 Å².